The molecule has 3 atom stereocenters. The van der Waals surface area contributed by atoms with E-state index in [9.17, 15) is 8.42 Å². The van der Waals surface area contributed by atoms with Crippen molar-refractivity contribution in [3.63, 3.8) is 0 Å². The van der Waals surface area contributed by atoms with Gasteiger partial charge in [0, 0.05) is 25.2 Å². The summed E-state index contributed by atoms with van der Waals surface area (Å²) in [5, 5.41) is 0. The van der Waals surface area contributed by atoms with Gasteiger partial charge in [-0.1, -0.05) is 55.5 Å². The molecule has 2 aromatic carbocycles. The molecule has 2 heterocycles. The van der Waals surface area contributed by atoms with Crippen LogP contribution in [-0.4, -0.2) is 42.8 Å². The maximum atomic E-state index is 13.2. The van der Waals surface area contributed by atoms with Crippen molar-refractivity contribution < 1.29 is 8.42 Å². The van der Waals surface area contributed by atoms with Crippen LogP contribution in [0.1, 0.15) is 25.3 Å². The molecule has 0 bridgehead atoms. The maximum Gasteiger partial charge on any atom is 0.243 e. The predicted octanol–water partition coefficient (Wildman–Crippen LogP) is 3.36. The van der Waals surface area contributed by atoms with E-state index >= 15 is 0 Å². The van der Waals surface area contributed by atoms with Gasteiger partial charge in [-0.3, -0.25) is 4.90 Å². The zero-order valence-electron chi connectivity index (χ0n) is 15.2. The smallest absolute Gasteiger partial charge is 0.243 e. The Morgan fingerprint density at radius 3 is 2.31 bits per heavy atom. The molecule has 5 heteroatoms. The number of hydrogen-bond acceptors (Lipinski definition) is 3. The number of nitrogens with zero attached hydrogens (tertiary/aromatic N) is 2. The highest BCUT2D eigenvalue weighted by Gasteiger charge is 2.51. The van der Waals surface area contributed by atoms with Gasteiger partial charge in [0.05, 0.1) is 4.90 Å². The average molecular weight is 371 g/mol. The molecule has 0 spiro atoms. The molecule has 0 N–H and O–H groups in total. The third-order valence-electron chi connectivity index (χ3n) is 5.87. The van der Waals surface area contributed by atoms with Crippen LogP contribution >= 0.6 is 0 Å². The molecule has 0 amide bonds. The van der Waals surface area contributed by atoms with Crippen LogP contribution in [0.25, 0.3) is 0 Å². The lowest BCUT2D eigenvalue weighted by Crippen LogP contribution is -2.45. The van der Waals surface area contributed by atoms with Crippen LogP contribution in [0.3, 0.4) is 0 Å². The van der Waals surface area contributed by atoms with Crippen molar-refractivity contribution in [2.24, 2.45) is 5.92 Å². The molecular formula is C21H26N2O2S. The minimum Gasteiger partial charge on any atom is -0.294 e. The molecule has 4 nitrogen and oxygen atoms in total. The van der Waals surface area contributed by atoms with Crippen molar-refractivity contribution in [1.82, 2.24) is 9.21 Å². The molecule has 26 heavy (non-hydrogen) atoms. The molecule has 0 aromatic heterocycles. The van der Waals surface area contributed by atoms with Crippen molar-refractivity contribution in [2.45, 2.75) is 43.3 Å². The van der Waals surface area contributed by atoms with Crippen LogP contribution in [0.2, 0.25) is 0 Å². The fourth-order valence-corrected chi connectivity index (χ4v) is 6.48. The first-order chi connectivity index (χ1) is 12.6. The molecule has 2 aromatic rings. The molecule has 2 aliphatic rings. The SMILES string of the molecule is CC[C@H]1[C@H]2[C@H](CCN2Cc2ccccc2)CN1S(=O)(=O)c1ccccc1. The van der Waals surface area contributed by atoms with Gasteiger partial charge in [0.2, 0.25) is 10.0 Å². The van der Waals surface area contributed by atoms with Crippen molar-refractivity contribution >= 4 is 10.0 Å². The standard InChI is InChI=1S/C21H26N2O2S/c1-2-20-21-18(13-14-22(21)15-17-9-5-3-6-10-17)16-23(20)26(24,25)19-11-7-4-8-12-19/h3-12,18,20-21H,2,13-16H2,1H3/t18-,20+,21-/m1/s1. The second-order valence-corrected chi connectivity index (χ2v) is 9.25. The molecule has 138 valence electrons. The van der Waals surface area contributed by atoms with E-state index in [0.29, 0.717) is 23.4 Å². The molecule has 2 aliphatic heterocycles. The van der Waals surface area contributed by atoms with Gasteiger partial charge in [0.15, 0.2) is 0 Å². The Balaban J connectivity index is 1.59. The fraction of sp³-hybridized carbons (Fsp3) is 0.429. The third kappa shape index (κ3) is 3.08. The lowest BCUT2D eigenvalue weighted by Gasteiger charge is -2.32. The van der Waals surface area contributed by atoms with E-state index in [2.05, 4.69) is 36.1 Å². The van der Waals surface area contributed by atoms with Crippen LogP contribution in [0, 0.1) is 5.92 Å². The number of sulfonamides is 1. The number of hydrogen-bond donors (Lipinski definition) is 0. The van der Waals surface area contributed by atoms with Crippen molar-refractivity contribution in [3.8, 4) is 0 Å². The number of likely N-dealkylation sites (tertiary alicyclic amines) is 1. The summed E-state index contributed by atoms with van der Waals surface area (Å²) in [6.45, 7) is 4.71. The molecular weight excluding hydrogens is 344 g/mol. The summed E-state index contributed by atoms with van der Waals surface area (Å²) < 4.78 is 28.2. The highest BCUT2D eigenvalue weighted by molar-refractivity contribution is 7.89. The quantitative estimate of drug-likeness (QED) is 0.810. The van der Waals surface area contributed by atoms with E-state index in [4.69, 9.17) is 0 Å². The Hall–Kier alpha value is -1.69. The van der Waals surface area contributed by atoms with Crippen LogP contribution in [0.5, 0.6) is 0 Å². The van der Waals surface area contributed by atoms with Gasteiger partial charge in [-0.2, -0.15) is 4.31 Å². The second kappa shape index (κ2) is 7.14. The van der Waals surface area contributed by atoms with Gasteiger partial charge < -0.3 is 0 Å². The first-order valence-corrected chi connectivity index (χ1v) is 10.9. The summed E-state index contributed by atoms with van der Waals surface area (Å²) >= 11 is 0. The summed E-state index contributed by atoms with van der Waals surface area (Å²) in [6.07, 6.45) is 1.92. The molecule has 0 saturated carbocycles. The Bertz CT molecular complexity index is 839. The molecule has 0 aliphatic carbocycles. The Morgan fingerprint density at radius 2 is 1.65 bits per heavy atom. The van der Waals surface area contributed by atoms with Gasteiger partial charge in [-0.05, 0) is 43.0 Å². The van der Waals surface area contributed by atoms with Gasteiger partial charge in [-0.25, -0.2) is 8.42 Å². The van der Waals surface area contributed by atoms with E-state index in [1.807, 2.05) is 12.1 Å². The summed E-state index contributed by atoms with van der Waals surface area (Å²) in [7, 11) is -3.43. The molecule has 2 fully saturated rings. The van der Waals surface area contributed by atoms with Gasteiger partial charge in [0.1, 0.15) is 0 Å². The van der Waals surface area contributed by atoms with Gasteiger partial charge in [0.25, 0.3) is 0 Å². The fourth-order valence-electron chi connectivity index (χ4n) is 4.70. The minimum atomic E-state index is -3.43. The first kappa shape index (κ1) is 17.7. The average Bonchev–Trinajstić information content (AvgIpc) is 3.23. The zero-order chi connectivity index (χ0) is 18.1. The number of rotatable bonds is 5. The van der Waals surface area contributed by atoms with Gasteiger partial charge in [-0.15, -0.1) is 0 Å². The zero-order valence-corrected chi connectivity index (χ0v) is 16.0. The van der Waals surface area contributed by atoms with Crippen molar-refractivity contribution in [2.75, 3.05) is 13.1 Å². The van der Waals surface area contributed by atoms with Crippen LogP contribution in [0.15, 0.2) is 65.6 Å². The Morgan fingerprint density at radius 1 is 1.00 bits per heavy atom. The lowest BCUT2D eigenvalue weighted by atomic mass is 9.98. The van der Waals surface area contributed by atoms with E-state index < -0.39 is 10.0 Å². The van der Waals surface area contributed by atoms with Crippen molar-refractivity contribution in [1.29, 1.82) is 0 Å². The summed E-state index contributed by atoms with van der Waals surface area (Å²) in [5.41, 5.74) is 1.30. The van der Waals surface area contributed by atoms with Crippen LogP contribution in [0.4, 0.5) is 0 Å². The molecule has 0 radical (unpaired) electrons. The number of benzene rings is 2. The Labute approximate surface area is 156 Å². The van der Waals surface area contributed by atoms with Crippen molar-refractivity contribution in [3.05, 3.63) is 66.2 Å². The minimum absolute atomic E-state index is 0.0522. The lowest BCUT2D eigenvalue weighted by molar-refractivity contribution is 0.187. The first-order valence-electron chi connectivity index (χ1n) is 9.46. The molecule has 2 saturated heterocycles. The maximum absolute atomic E-state index is 13.2. The van der Waals surface area contributed by atoms with E-state index in [-0.39, 0.29) is 6.04 Å². The number of fused-ring (bicyclic) bond motifs is 1. The summed E-state index contributed by atoms with van der Waals surface area (Å²) in [6, 6.07) is 19.7. The molecule has 0 unspecified atom stereocenters. The second-order valence-electron chi connectivity index (χ2n) is 7.36. The van der Waals surface area contributed by atoms with Crippen LogP contribution < -0.4 is 0 Å². The highest BCUT2D eigenvalue weighted by Crippen LogP contribution is 2.40. The monoisotopic (exact) mass is 370 g/mol. The summed E-state index contributed by atoms with van der Waals surface area (Å²) in [4.78, 5) is 2.90. The Kier molecular flexibility index (Phi) is 4.86. The highest BCUT2D eigenvalue weighted by atomic mass is 32.2. The van der Waals surface area contributed by atoms with E-state index in [0.717, 1.165) is 25.9 Å². The largest absolute Gasteiger partial charge is 0.294 e. The third-order valence-corrected chi connectivity index (χ3v) is 7.77. The van der Waals surface area contributed by atoms with Gasteiger partial charge >= 0.3 is 0 Å². The normalized spacial score (nSPS) is 26.9. The topological polar surface area (TPSA) is 40.6 Å². The van der Waals surface area contributed by atoms with E-state index in [1.54, 1.807) is 28.6 Å². The molecule has 4 rings (SSSR count). The predicted molar refractivity (Wildman–Crippen MR) is 103 cm³/mol. The van der Waals surface area contributed by atoms with E-state index in [1.165, 1.54) is 5.56 Å². The van der Waals surface area contributed by atoms with Crippen LogP contribution in [-0.2, 0) is 16.6 Å². The summed E-state index contributed by atoms with van der Waals surface area (Å²) in [5.74, 6) is 0.433.